The fourth-order valence-corrected chi connectivity index (χ4v) is 1.92. The smallest absolute Gasteiger partial charge is 0.273 e. The molecular formula is C13H16N4O3. The van der Waals surface area contributed by atoms with Crippen molar-refractivity contribution in [1.29, 1.82) is 0 Å². The molecule has 3 N–H and O–H groups in total. The van der Waals surface area contributed by atoms with Crippen LogP contribution in [0.2, 0.25) is 0 Å². The Morgan fingerprint density at radius 3 is 2.70 bits per heavy atom. The minimum atomic E-state index is -1.10. The third kappa shape index (κ3) is 2.39. The van der Waals surface area contributed by atoms with Crippen LogP contribution >= 0.6 is 0 Å². The third-order valence-corrected chi connectivity index (χ3v) is 3.31. The molecule has 0 unspecified atom stereocenters. The van der Waals surface area contributed by atoms with Gasteiger partial charge in [-0.2, -0.15) is 0 Å². The van der Waals surface area contributed by atoms with E-state index in [0.717, 1.165) is 5.56 Å². The molecule has 0 spiro atoms. The molecule has 0 aromatic carbocycles. The Morgan fingerprint density at radius 1 is 1.45 bits per heavy atom. The molecule has 0 saturated carbocycles. The van der Waals surface area contributed by atoms with Gasteiger partial charge in [-0.25, -0.2) is 0 Å². The summed E-state index contributed by atoms with van der Waals surface area (Å²) in [4.78, 5) is 40.9. The number of aromatic nitrogens is 1. The van der Waals surface area contributed by atoms with Gasteiger partial charge in [-0.3, -0.25) is 24.7 Å². The number of piperazine rings is 1. The Bertz CT molecular complexity index is 565. The van der Waals surface area contributed by atoms with Crippen LogP contribution in [-0.2, 0) is 16.1 Å². The number of hydrogen-bond acceptors (Lipinski definition) is 5. The fourth-order valence-electron chi connectivity index (χ4n) is 1.92. The zero-order valence-corrected chi connectivity index (χ0v) is 11.3. The van der Waals surface area contributed by atoms with E-state index in [1.54, 1.807) is 19.9 Å². The summed E-state index contributed by atoms with van der Waals surface area (Å²) < 4.78 is 0. The van der Waals surface area contributed by atoms with Gasteiger partial charge in [-0.15, -0.1) is 0 Å². The normalized spacial score (nSPS) is 17.9. The predicted molar refractivity (Wildman–Crippen MR) is 70.4 cm³/mol. The van der Waals surface area contributed by atoms with Crippen LogP contribution in [-0.4, -0.2) is 39.7 Å². The number of nitrogens with one attached hydrogen (secondary N) is 1. The predicted octanol–water partition coefficient (Wildman–Crippen LogP) is -0.582. The molecule has 1 aliphatic rings. The van der Waals surface area contributed by atoms with Crippen molar-refractivity contribution in [1.82, 2.24) is 15.2 Å². The van der Waals surface area contributed by atoms with Crippen LogP contribution in [0.1, 0.15) is 29.9 Å². The van der Waals surface area contributed by atoms with Crippen LogP contribution in [0.4, 0.5) is 0 Å². The molecule has 0 bridgehead atoms. The number of pyridine rings is 1. The van der Waals surface area contributed by atoms with Crippen molar-refractivity contribution in [2.75, 3.05) is 6.54 Å². The number of nitrogens with zero attached hydrogens (tertiary/aromatic N) is 2. The summed E-state index contributed by atoms with van der Waals surface area (Å²) in [6, 6.07) is 3.23. The molecule has 1 aromatic heterocycles. The summed E-state index contributed by atoms with van der Waals surface area (Å²) in [7, 11) is 0. The number of carbonyl (C=O) groups is 3. The second-order valence-corrected chi connectivity index (χ2v) is 5.08. The zero-order chi connectivity index (χ0) is 14.9. The quantitative estimate of drug-likeness (QED) is 0.703. The van der Waals surface area contributed by atoms with Gasteiger partial charge in [0, 0.05) is 12.7 Å². The van der Waals surface area contributed by atoms with Gasteiger partial charge in [0.2, 0.25) is 5.91 Å². The lowest BCUT2D eigenvalue weighted by Crippen LogP contribution is -2.65. The zero-order valence-electron chi connectivity index (χ0n) is 11.3. The molecule has 2 rings (SSSR count). The van der Waals surface area contributed by atoms with Gasteiger partial charge < -0.3 is 10.6 Å². The lowest BCUT2D eigenvalue weighted by molar-refractivity contribution is -0.143. The van der Waals surface area contributed by atoms with Crippen molar-refractivity contribution in [2.24, 2.45) is 5.73 Å². The van der Waals surface area contributed by atoms with Gasteiger partial charge in [0.1, 0.15) is 17.8 Å². The van der Waals surface area contributed by atoms with E-state index >= 15 is 0 Å². The van der Waals surface area contributed by atoms with Crippen molar-refractivity contribution < 1.29 is 14.4 Å². The molecule has 0 radical (unpaired) electrons. The van der Waals surface area contributed by atoms with Crippen molar-refractivity contribution in [3.63, 3.8) is 0 Å². The van der Waals surface area contributed by atoms with Gasteiger partial charge in [0.25, 0.3) is 11.8 Å². The number of carbonyl (C=O) groups excluding carboxylic acids is 3. The van der Waals surface area contributed by atoms with Crippen LogP contribution in [0.5, 0.6) is 0 Å². The number of hydrogen-bond donors (Lipinski definition) is 2. The fraction of sp³-hybridized carbons (Fsp3) is 0.385. The molecule has 1 fully saturated rings. The first-order chi connectivity index (χ1) is 9.36. The third-order valence-electron chi connectivity index (χ3n) is 3.31. The Morgan fingerprint density at radius 2 is 2.15 bits per heavy atom. The van der Waals surface area contributed by atoms with Crippen LogP contribution < -0.4 is 11.1 Å². The minimum absolute atomic E-state index is 0.169. The summed E-state index contributed by atoms with van der Waals surface area (Å²) in [5, 5.41) is 2.22. The standard InChI is InChI=1S/C13H16N4O3/c1-13(2)12(20)16-10(18)7-17(13)11(19)9-4-3-8(5-14)6-15-9/h3-4,6H,5,7,14H2,1-2H3,(H,16,18,20). The SMILES string of the molecule is CC1(C)C(=O)NC(=O)CN1C(=O)c1ccc(CN)cn1. The summed E-state index contributed by atoms with van der Waals surface area (Å²) in [5.74, 6) is -1.45. The maximum atomic E-state index is 12.4. The van der Waals surface area contributed by atoms with Crippen LogP contribution in [0.25, 0.3) is 0 Å². The largest absolute Gasteiger partial charge is 0.326 e. The highest BCUT2D eigenvalue weighted by Crippen LogP contribution is 2.20. The first-order valence-electron chi connectivity index (χ1n) is 6.17. The van der Waals surface area contributed by atoms with Crippen LogP contribution in [0.3, 0.4) is 0 Å². The maximum absolute atomic E-state index is 12.4. The summed E-state index contributed by atoms with van der Waals surface area (Å²) in [6.45, 7) is 3.33. The van der Waals surface area contributed by atoms with E-state index in [9.17, 15) is 14.4 Å². The summed E-state index contributed by atoms with van der Waals surface area (Å²) in [6.07, 6.45) is 1.51. The first kappa shape index (κ1) is 14.1. The van der Waals surface area contributed by atoms with Gasteiger partial charge in [0.05, 0.1) is 0 Å². The number of nitrogens with two attached hydrogens (primary N) is 1. The Balaban J connectivity index is 2.30. The monoisotopic (exact) mass is 276 g/mol. The molecule has 20 heavy (non-hydrogen) atoms. The highest BCUT2D eigenvalue weighted by atomic mass is 16.2. The van der Waals surface area contributed by atoms with Crippen molar-refractivity contribution in [2.45, 2.75) is 25.9 Å². The summed E-state index contributed by atoms with van der Waals surface area (Å²) in [5.41, 5.74) is 5.35. The second kappa shape index (κ2) is 5.01. The van der Waals surface area contributed by atoms with Crippen molar-refractivity contribution in [3.05, 3.63) is 29.6 Å². The molecule has 1 saturated heterocycles. The average Bonchev–Trinajstić information content (AvgIpc) is 2.42. The van der Waals surface area contributed by atoms with E-state index in [0.29, 0.717) is 6.54 Å². The van der Waals surface area contributed by atoms with E-state index in [2.05, 4.69) is 10.3 Å². The molecule has 106 valence electrons. The van der Waals surface area contributed by atoms with Crippen molar-refractivity contribution in [3.8, 4) is 0 Å². The lowest BCUT2D eigenvalue weighted by Gasteiger charge is -2.39. The Kier molecular flexibility index (Phi) is 3.54. The summed E-state index contributed by atoms with van der Waals surface area (Å²) >= 11 is 0. The van der Waals surface area contributed by atoms with Gasteiger partial charge in [0.15, 0.2) is 0 Å². The molecule has 1 aliphatic heterocycles. The minimum Gasteiger partial charge on any atom is -0.326 e. The molecule has 3 amide bonds. The highest BCUT2D eigenvalue weighted by Gasteiger charge is 2.44. The molecule has 0 aliphatic carbocycles. The molecule has 1 aromatic rings. The molecule has 7 nitrogen and oxygen atoms in total. The Hall–Kier alpha value is -2.28. The number of amides is 3. The van der Waals surface area contributed by atoms with Gasteiger partial charge in [-0.1, -0.05) is 6.07 Å². The first-order valence-corrected chi connectivity index (χ1v) is 6.17. The van der Waals surface area contributed by atoms with Crippen LogP contribution in [0, 0.1) is 0 Å². The van der Waals surface area contributed by atoms with Crippen molar-refractivity contribution >= 4 is 17.7 Å². The second-order valence-electron chi connectivity index (χ2n) is 5.08. The molecule has 2 heterocycles. The van der Waals surface area contributed by atoms with E-state index in [1.165, 1.54) is 17.2 Å². The maximum Gasteiger partial charge on any atom is 0.273 e. The van der Waals surface area contributed by atoms with E-state index in [1.807, 2.05) is 0 Å². The average molecular weight is 276 g/mol. The lowest BCUT2D eigenvalue weighted by atomic mass is 9.98. The van der Waals surface area contributed by atoms with Gasteiger partial charge in [-0.05, 0) is 25.5 Å². The molecule has 7 heteroatoms. The van der Waals surface area contributed by atoms with Gasteiger partial charge >= 0.3 is 0 Å². The molecular weight excluding hydrogens is 260 g/mol. The van der Waals surface area contributed by atoms with Crippen LogP contribution in [0.15, 0.2) is 18.3 Å². The van der Waals surface area contributed by atoms with E-state index < -0.39 is 23.3 Å². The van der Waals surface area contributed by atoms with E-state index in [4.69, 9.17) is 5.73 Å². The Labute approximate surface area is 116 Å². The molecule has 0 atom stereocenters. The highest BCUT2D eigenvalue weighted by molar-refractivity contribution is 6.08. The topological polar surface area (TPSA) is 105 Å². The van der Waals surface area contributed by atoms with E-state index in [-0.39, 0.29) is 12.2 Å². The number of rotatable bonds is 2. The number of imide groups is 1.